The van der Waals surface area contributed by atoms with Gasteiger partial charge in [-0.05, 0) is 25.5 Å². The second-order valence-electron chi connectivity index (χ2n) is 5.08. The number of rotatable bonds is 6. The van der Waals surface area contributed by atoms with E-state index in [1.807, 2.05) is 18.2 Å². The number of unbranched alkanes of at least 4 members (excludes halogenated alkanes) is 1. The molecule has 2 aromatic heterocycles. The molecule has 5 nitrogen and oxygen atoms in total. The fourth-order valence-electron chi connectivity index (χ4n) is 2.62. The van der Waals surface area contributed by atoms with Gasteiger partial charge in [0.05, 0.1) is 12.3 Å². The van der Waals surface area contributed by atoms with E-state index < -0.39 is 5.91 Å². The summed E-state index contributed by atoms with van der Waals surface area (Å²) in [7, 11) is 0. The van der Waals surface area contributed by atoms with Crippen LogP contribution in [0.5, 0.6) is 0 Å². The van der Waals surface area contributed by atoms with Crippen LogP contribution in [0.4, 0.5) is 0 Å². The van der Waals surface area contributed by atoms with Crippen LogP contribution in [0, 0.1) is 6.92 Å². The number of carbonyl (C=O) groups excluding carboxylic acids is 1. The fraction of sp³-hybridized carbons (Fsp3) is 0.467. The normalized spacial score (nSPS) is 12.8. The number of aryl methyl sites for hydroxylation is 1. The van der Waals surface area contributed by atoms with E-state index in [-0.39, 0.29) is 12.5 Å². The van der Waals surface area contributed by atoms with Crippen LogP contribution >= 0.6 is 0 Å². The van der Waals surface area contributed by atoms with Gasteiger partial charge in [0.2, 0.25) is 0 Å². The quantitative estimate of drug-likeness (QED) is 0.846. The molecule has 0 bridgehead atoms. The highest BCUT2D eigenvalue weighted by molar-refractivity contribution is 5.93. The summed E-state index contributed by atoms with van der Waals surface area (Å²) in [6.07, 6.45) is 2.97. The van der Waals surface area contributed by atoms with Gasteiger partial charge in [0, 0.05) is 11.6 Å². The first-order chi connectivity index (χ1) is 9.60. The monoisotopic (exact) mass is 275 g/mol. The van der Waals surface area contributed by atoms with E-state index in [0.29, 0.717) is 17.0 Å². The zero-order chi connectivity index (χ0) is 14.7. The summed E-state index contributed by atoms with van der Waals surface area (Å²) in [6, 6.07) is 5.67. The smallest absolute Gasteiger partial charge is 0.267 e. The van der Waals surface area contributed by atoms with Gasteiger partial charge >= 0.3 is 0 Å². The molecule has 0 aliphatic heterocycles. The highest BCUT2D eigenvalue weighted by atomic mass is 16.3. The van der Waals surface area contributed by atoms with Gasteiger partial charge in [-0.3, -0.25) is 9.20 Å². The van der Waals surface area contributed by atoms with Crippen LogP contribution in [0.25, 0.3) is 5.65 Å². The number of amides is 1. The van der Waals surface area contributed by atoms with Crippen molar-refractivity contribution >= 4 is 11.6 Å². The van der Waals surface area contributed by atoms with Gasteiger partial charge in [-0.2, -0.15) is 0 Å². The molecule has 1 atom stereocenters. The summed E-state index contributed by atoms with van der Waals surface area (Å²) in [5.41, 5.74) is 8.10. The van der Waals surface area contributed by atoms with Crippen molar-refractivity contribution in [1.82, 2.24) is 9.38 Å². The lowest BCUT2D eigenvalue weighted by atomic mass is 9.98. The zero-order valence-electron chi connectivity index (χ0n) is 12.0. The SMILES string of the molecule is CCCC[C@@H](CO)c1cccc2nc(C)c(C(N)=O)n12. The first-order valence-corrected chi connectivity index (χ1v) is 6.98. The fourth-order valence-corrected chi connectivity index (χ4v) is 2.62. The van der Waals surface area contributed by atoms with Gasteiger partial charge < -0.3 is 10.8 Å². The maximum Gasteiger partial charge on any atom is 0.267 e. The Morgan fingerprint density at radius 1 is 1.50 bits per heavy atom. The van der Waals surface area contributed by atoms with Crippen molar-refractivity contribution in [2.24, 2.45) is 5.73 Å². The van der Waals surface area contributed by atoms with Crippen LogP contribution in [0.1, 0.15) is 54.0 Å². The lowest BCUT2D eigenvalue weighted by Crippen LogP contribution is -2.18. The average molecular weight is 275 g/mol. The minimum absolute atomic E-state index is 0.00894. The van der Waals surface area contributed by atoms with E-state index in [1.165, 1.54) is 0 Å². The number of pyridine rings is 1. The lowest BCUT2D eigenvalue weighted by Gasteiger charge is -2.17. The van der Waals surface area contributed by atoms with E-state index >= 15 is 0 Å². The molecular formula is C15H21N3O2. The van der Waals surface area contributed by atoms with Crippen molar-refractivity contribution in [1.29, 1.82) is 0 Å². The zero-order valence-corrected chi connectivity index (χ0v) is 12.0. The number of aromatic nitrogens is 2. The molecule has 0 aliphatic rings. The average Bonchev–Trinajstić information content (AvgIpc) is 2.76. The second kappa shape index (κ2) is 6.05. The number of nitrogens with zero attached hydrogens (tertiary/aromatic N) is 2. The topological polar surface area (TPSA) is 80.6 Å². The van der Waals surface area contributed by atoms with Crippen LogP contribution in [-0.4, -0.2) is 27.0 Å². The van der Waals surface area contributed by atoms with Gasteiger partial charge in [-0.1, -0.05) is 25.8 Å². The van der Waals surface area contributed by atoms with Gasteiger partial charge in [0.25, 0.3) is 5.91 Å². The van der Waals surface area contributed by atoms with Crippen LogP contribution in [0.2, 0.25) is 0 Å². The molecule has 0 aliphatic carbocycles. The summed E-state index contributed by atoms with van der Waals surface area (Å²) in [6.45, 7) is 3.94. The number of imidazole rings is 1. The molecule has 1 amide bonds. The first kappa shape index (κ1) is 14.5. The third kappa shape index (κ3) is 2.54. The predicted octanol–water partition coefficient (Wildman–Crippen LogP) is 2.01. The molecule has 2 aromatic rings. The Kier molecular flexibility index (Phi) is 4.39. The van der Waals surface area contributed by atoms with Gasteiger partial charge in [-0.15, -0.1) is 0 Å². The van der Waals surface area contributed by atoms with Crippen molar-refractivity contribution < 1.29 is 9.90 Å². The van der Waals surface area contributed by atoms with Crippen LogP contribution in [-0.2, 0) is 0 Å². The van der Waals surface area contributed by atoms with Crippen molar-refractivity contribution in [3.63, 3.8) is 0 Å². The maximum absolute atomic E-state index is 11.7. The Hall–Kier alpha value is -1.88. The van der Waals surface area contributed by atoms with Crippen LogP contribution in [0.15, 0.2) is 18.2 Å². The molecule has 0 aromatic carbocycles. The highest BCUT2D eigenvalue weighted by Crippen LogP contribution is 2.25. The predicted molar refractivity (Wildman–Crippen MR) is 77.8 cm³/mol. The second-order valence-corrected chi connectivity index (χ2v) is 5.08. The molecule has 3 N–H and O–H groups in total. The van der Waals surface area contributed by atoms with Gasteiger partial charge in [-0.25, -0.2) is 4.98 Å². The Labute approximate surface area is 118 Å². The van der Waals surface area contributed by atoms with E-state index in [4.69, 9.17) is 5.73 Å². The molecule has 0 fully saturated rings. The molecule has 5 heteroatoms. The summed E-state index contributed by atoms with van der Waals surface area (Å²) in [5.74, 6) is -0.500. The molecule has 2 rings (SSSR count). The number of aliphatic hydroxyl groups is 1. The Bertz CT molecular complexity index is 619. The summed E-state index contributed by atoms with van der Waals surface area (Å²) in [4.78, 5) is 16.0. The number of hydrogen-bond acceptors (Lipinski definition) is 3. The summed E-state index contributed by atoms with van der Waals surface area (Å²) >= 11 is 0. The van der Waals surface area contributed by atoms with Gasteiger partial charge in [0.15, 0.2) is 0 Å². The molecule has 0 saturated carbocycles. The Morgan fingerprint density at radius 2 is 2.25 bits per heavy atom. The third-order valence-corrected chi connectivity index (χ3v) is 3.63. The first-order valence-electron chi connectivity index (χ1n) is 6.98. The third-order valence-electron chi connectivity index (χ3n) is 3.63. The molecule has 108 valence electrons. The molecule has 0 radical (unpaired) electrons. The molecule has 0 spiro atoms. The van der Waals surface area contributed by atoms with E-state index in [2.05, 4.69) is 11.9 Å². The van der Waals surface area contributed by atoms with Crippen molar-refractivity contribution in [3.05, 3.63) is 35.3 Å². The number of fused-ring (bicyclic) bond motifs is 1. The van der Waals surface area contributed by atoms with E-state index in [0.717, 1.165) is 25.0 Å². The Balaban J connectivity index is 2.60. The Morgan fingerprint density at radius 3 is 2.85 bits per heavy atom. The molecule has 0 unspecified atom stereocenters. The number of carbonyl (C=O) groups is 1. The molecular weight excluding hydrogens is 254 g/mol. The maximum atomic E-state index is 11.7. The lowest BCUT2D eigenvalue weighted by molar-refractivity contribution is 0.0993. The molecule has 2 heterocycles. The van der Waals surface area contributed by atoms with Crippen molar-refractivity contribution in [2.45, 2.75) is 39.0 Å². The largest absolute Gasteiger partial charge is 0.396 e. The van der Waals surface area contributed by atoms with Crippen molar-refractivity contribution in [2.75, 3.05) is 6.61 Å². The van der Waals surface area contributed by atoms with Gasteiger partial charge in [0.1, 0.15) is 11.3 Å². The number of aliphatic hydroxyl groups excluding tert-OH is 1. The minimum atomic E-state index is -0.491. The molecule has 20 heavy (non-hydrogen) atoms. The minimum Gasteiger partial charge on any atom is -0.396 e. The van der Waals surface area contributed by atoms with Crippen LogP contribution in [0.3, 0.4) is 0 Å². The van der Waals surface area contributed by atoms with Crippen molar-refractivity contribution in [3.8, 4) is 0 Å². The highest BCUT2D eigenvalue weighted by Gasteiger charge is 2.20. The number of primary amides is 1. The van der Waals surface area contributed by atoms with E-state index in [9.17, 15) is 9.90 Å². The summed E-state index contributed by atoms with van der Waals surface area (Å²) < 4.78 is 1.79. The molecule has 0 saturated heterocycles. The van der Waals surface area contributed by atoms with E-state index in [1.54, 1.807) is 11.3 Å². The number of hydrogen-bond donors (Lipinski definition) is 2. The number of nitrogens with two attached hydrogens (primary N) is 1. The van der Waals surface area contributed by atoms with Crippen LogP contribution < -0.4 is 5.73 Å². The standard InChI is InChI=1S/C15H21N3O2/c1-3-4-6-11(9-19)12-7-5-8-13-17-10(2)14(15(16)20)18(12)13/h5,7-8,11,19H,3-4,6,9H2,1-2H3,(H2,16,20)/t11-/m0/s1. The summed E-state index contributed by atoms with van der Waals surface area (Å²) in [5, 5.41) is 9.65.